The number of rotatable bonds is 8. The predicted molar refractivity (Wildman–Crippen MR) is 99.1 cm³/mol. The minimum atomic E-state index is -3.52. The maximum absolute atomic E-state index is 12.0. The highest BCUT2D eigenvalue weighted by Gasteiger charge is 2.29. The molecule has 138 valence electrons. The molecule has 1 aromatic rings. The molecule has 0 fully saturated rings. The molecular weight excluding hydrogens is 338 g/mol. The summed E-state index contributed by atoms with van der Waals surface area (Å²) < 4.78 is 26.4. The molecule has 1 aliphatic heterocycles. The Morgan fingerprint density at radius 3 is 2.64 bits per heavy atom. The van der Waals surface area contributed by atoms with Gasteiger partial charge in [-0.2, -0.15) is 0 Å². The van der Waals surface area contributed by atoms with Gasteiger partial charge in [-0.3, -0.25) is 14.5 Å². The summed E-state index contributed by atoms with van der Waals surface area (Å²) in [4.78, 5) is 16.5. The van der Waals surface area contributed by atoms with Gasteiger partial charge < -0.3 is 5.32 Å². The van der Waals surface area contributed by atoms with Crippen LogP contribution in [0.1, 0.15) is 52.0 Å². The summed E-state index contributed by atoms with van der Waals surface area (Å²) in [6.07, 6.45) is 3.46. The molecule has 2 rings (SSSR count). The Bertz CT molecular complexity index is 742. The number of nitrogens with one attached hydrogen (secondary N) is 2. The summed E-state index contributed by atoms with van der Waals surface area (Å²) in [6, 6.07) is 6.84. The second-order valence-electron chi connectivity index (χ2n) is 6.88. The lowest BCUT2D eigenvalue weighted by atomic mass is 10.0. The normalized spacial score (nSPS) is 18.0. The third-order valence-electron chi connectivity index (χ3n) is 4.10. The largest absolute Gasteiger partial charge is 0.354 e. The van der Waals surface area contributed by atoms with Gasteiger partial charge in [0.15, 0.2) is 0 Å². The minimum absolute atomic E-state index is 0.0597. The molecule has 1 aromatic carbocycles. The van der Waals surface area contributed by atoms with E-state index in [-0.39, 0.29) is 29.8 Å². The Kier molecular flexibility index (Phi) is 6.58. The molecule has 0 bridgehead atoms. The minimum Gasteiger partial charge on any atom is -0.354 e. The Labute approximate surface area is 150 Å². The number of sulfonamides is 1. The van der Waals surface area contributed by atoms with Gasteiger partial charge in [0.1, 0.15) is 5.84 Å². The SMILES string of the molecule is CC(C)CCC[C@@H](C)NC(=O)CCN=C1NS(=O)(=O)c2ccccc21. The molecule has 1 atom stereocenters. The van der Waals surface area contributed by atoms with Crippen molar-refractivity contribution in [2.45, 2.75) is 57.4 Å². The number of amidine groups is 1. The maximum Gasteiger partial charge on any atom is 0.263 e. The van der Waals surface area contributed by atoms with Crippen LogP contribution in [0.5, 0.6) is 0 Å². The van der Waals surface area contributed by atoms with E-state index in [0.29, 0.717) is 17.3 Å². The van der Waals surface area contributed by atoms with Gasteiger partial charge in [-0.1, -0.05) is 38.8 Å². The number of fused-ring (bicyclic) bond motifs is 1. The molecule has 7 heteroatoms. The zero-order valence-electron chi connectivity index (χ0n) is 15.1. The Hall–Kier alpha value is -1.89. The average molecular weight is 365 g/mol. The number of nitrogens with zero attached hydrogens (tertiary/aromatic N) is 1. The number of carbonyl (C=O) groups excluding carboxylic acids is 1. The molecule has 0 aromatic heterocycles. The van der Waals surface area contributed by atoms with Crippen molar-refractivity contribution >= 4 is 21.8 Å². The topological polar surface area (TPSA) is 87.6 Å². The standard InChI is InChI=1S/C18H27N3O3S/c1-13(2)7-6-8-14(3)20-17(22)11-12-19-18-15-9-4-5-10-16(15)25(23,24)21-18/h4-5,9-10,13-14H,6-8,11-12H2,1-3H3,(H,19,21)(H,20,22)/t14-/m1/s1. The molecule has 0 aliphatic carbocycles. The first-order chi connectivity index (χ1) is 11.8. The van der Waals surface area contributed by atoms with Gasteiger partial charge >= 0.3 is 0 Å². The maximum atomic E-state index is 12.0. The zero-order valence-corrected chi connectivity index (χ0v) is 15.9. The molecule has 1 aliphatic rings. The first-order valence-corrected chi connectivity index (χ1v) is 10.2. The highest BCUT2D eigenvalue weighted by molar-refractivity contribution is 7.90. The van der Waals surface area contributed by atoms with Gasteiger partial charge in [0, 0.05) is 18.0 Å². The third-order valence-corrected chi connectivity index (χ3v) is 5.49. The second kappa shape index (κ2) is 8.47. The van der Waals surface area contributed by atoms with E-state index in [2.05, 4.69) is 28.9 Å². The van der Waals surface area contributed by atoms with Crippen molar-refractivity contribution < 1.29 is 13.2 Å². The zero-order chi connectivity index (χ0) is 18.4. The molecule has 25 heavy (non-hydrogen) atoms. The fourth-order valence-electron chi connectivity index (χ4n) is 2.77. The Morgan fingerprint density at radius 1 is 1.20 bits per heavy atom. The molecule has 1 heterocycles. The fourth-order valence-corrected chi connectivity index (χ4v) is 4.02. The van der Waals surface area contributed by atoms with E-state index in [4.69, 9.17) is 0 Å². The first kappa shape index (κ1) is 19.4. The summed E-state index contributed by atoms with van der Waals surface area (Å²) in [5, 5.41) is 2.97. The molecule has 0 saturated heterocycles. The summed E-state index contributed by atoms with van der Waals surface area (Å²) in [5.74, 6) is 0.931. The molecule has 0 spiro atoms. The van der Waals surface area contributed by atoms with Crippen LogP contribution in [-0.4, -0.2) is 32.7 Å². The van der Waals surface area contributed by atoms with Crippen molar-refractivity contribution in [1.82, 2.24) is 10.0 Å². The van der Waals surface area contributed by atoms with E-state index in [9.17, 15) is 13.2 Å². The van der Waals surface area contributed by atoms with Crippen molar-refractivity contribution in [3.63, 3.8) is 0 Å². The monoisotopic (exact) mass is 365 g/mol. The highest BCUT2D eigenvalue weighted by Crippen LogP contribution is 2.22. The third kappa shape index (κ3) is 5.56. The summed E-state index contributed by atoms with van der Waals surface area (Å²) in [5.41, 5.74) is 0.560. The van der Waals surface area contributed by atoms with Crippen LogP contribution in [0, 0.1) is 5.92 Å². The lowest BCUT2D eigenvalue weighted by Crippen LogP contribution is -2.33. The van der Waals surface area contributed by atoms with Gasteiger partial charge in [0.05, 0.1) is 11.4 Å². The molecule has 0 unspecified atom stereocenters. The van der Waals surface area contributed by atoms with Crippen LogP contribution >= 0.6 is 0 Å². The Morgan fingerprint density at radius 2 is 1.92 bits per heavy atom. The van der Waals surface area contributed by atoms with E-state index in [1.54, 1.807) is 24.3 Å². The molecule has 2 N–H and O–H groups in total. The van der Waals surface area contributed by atoms with E-state index >= 15 is 0 Å². The molecule has 1 amide bonds. The molecule has 6 nitrogen and oxygen atoms in total. The van der Waals surface area contributed by atoms with Crippen LogP contribution in [0.15, 0.2) is 34.2 Å². The quantitative estimate of drug-likeness (QED) is 0.742. The number of benzene rings is 1. The van der Waals surface area contributed by atoms with E-state index in [1.165, 1.54) is 0 Å². The van der Waals surface area contributed by atoms with E-state index in [0.717, 1.165) is 19.3 Å². The molecular formula is C18H27N3O3S. The number of aliphatic imine (C=N–C) groups is 1. The number of hydrogen-bond acceptors (Lipinski definition) is 4. The van der Waals surface area contributed by atoms with Crippen molar-refractivity contribution in [3.05, 3.63) is 29.8 Å². The number of carbonyl (C=O) groups is 1. The van der Waals surface area contributed by atoms with Crippen LogP contribution in [-0.2, 0) is 14.8 Å². The van der Waals surface area contributed by atoms with Gasteiger partial charge in [-0.05, 0) is 31.4 Å². The first-order valence-electron chi connectivity index (χ1n) is 8.75. The van der Waals surface area contributed by atoms with Crippen LogP contribution in [0.3, 0.4) is 0 Å². The van der Waals surface area contributed by atoms with Crippen LogP contribution in [0.2, 0.25) is 0 Å². The number of amides is 1. The fraction of sp³-hybridized carbons (Fsp3) is 0.556. The smallest absolute Gasteiger partial charge is 0.263 e. The van der Waals surface area contributed by atoms with Crippen LogP contribution in [0.25, 0.3) is 0 Å². The summed E-state index contributed by atoms with van der Waals surface area (Å²) in [6.45, 7) is 6.64. The second-order valence-corrected chi connectivity index (χ2v) is 8.53. The van der Waals surface area contributed by atoms with Crippen molar-refractivity contribution in [3.8, 4) is 0 Å². The van der Waals surface area contributed by atoms with E-state index in [1.807, 2.05) is 6.92 Å². The van der Waals surface area contributed by atoms with Gasteiger partial charge in [0.2, 0.25) is 5.91 Å². The molecule has 0 radical (unpaired) electrons. The number of hydrogen-bond donors (Lipinski definition) is 2. The van der Waals surface area contributed by atoms with Crippen molar-refractivity contribution in [2.75, 3.05) is 6.54 Å². The highest BCUT2D eigenvalue weighted by atomic mass is 32.2. The lowest BCUT2D eigenvalue weighted by molar-refractivity contribution is -0.121. The summed E-state index contributed by atoms with van der Waals surface area (Å²) in [7, 11) is -3.52. The molecule has 0 saturated carbocycles. The average Bonchev–Trinajstić information content (AvgIpc) is 2.78. The van der Waals surface area contributed by atoms with Gasteiger partial charge in [-0.15, -0.1) is 0 Å². The van der Waals surface area contributed by atoms with Crippen LogP contribution < -0.4 is 10.0 Å². The van der Waals surface area contributed by atoms with Crippen molar-refractivity contribution in [1.29, 1.82) is 0 Å². The van der Waals surface area contributed by atoms with Gasteiger partial charge in [-0.25, -0.2) is 8.42 Å². The Balaban J connectivity index is 1.82. The predicted octanol–water partition coefficient (Wildman–Crippen LogP) is 2.45. The lowest BCUT2D eigenvalue weighted by Gasteiger charge is -2.14. The van der Waals surface area contributed by atoms with Crippen molar-refractivity contribution in [2.24, 2.45) is 10.9 Å². The van der Waals surface area contributed by atoms with Crippen LogP contribution in [0.4, 0.5) is 0 Å². The van der Waals surface area contributed by atoms with E-state index < -0.39 is 10.0 Å². The summed E-state index contributed by atoms with van der Waals surface area (Å²) >= 11 is 0. The van der Waals surface area contributed by atoms with Gasteiger partial charge in [0.25, 0.3) is 10.0 Å².